The van der Waals surface area contributed by atoms with Crippen LogP contribution in [0, 0.1) is 6.92 Å². The Kier molecular flexibility index (Phi) is 4.09. The minimum Gasteiger partial charge on any atom is -0.436 e. The highest BCUT2D eigenvalue weighted by atomic mass is 79.9. The Balaban J connectivity index is 2.22. The van der Waals surface area contributed by atoms with Crippen LogP contribution in [0.5, 0.6) is 11.6 Å². The van der Waals surface area contributed by atoms with Crippen LogP contribution in [-0.2, 0) is 0 Å². The molecule has 0 amide bonds. The van der Waals surface area contributed by atoms with E-state index in [1.165, 1.54) is 0 Å². The maximum Gasteiger partial charge on any atom is 0.238 e. The van der Waals surface area contributed by atoms with Gasteiger partial charge < -0.3 is 10.1 Å². The van der Waals surface area contributed by atoms with Gasteiger partial charge in [-0.25, -0.2) is 4.98 Å². The van der Waals surface area contributed by atoms with Gasteiger partial charge in [0.1, 0.15) is 5.75 Å². The fraction of sp³-hybridized carbons (Fsp3) is 0.250. The Labute approximate surface area is 114 Å². The largest absolute Gasteiger partial charge is 0.436 e. The summed E-state index contributed by atoms with van der Waals surface area (Å²) in [5.41, 5.74) is 0.942. The predicted octanol–water partition coefficient (Wildman–Crippen LogP) is 3.17. The van der Waals surface area contributed by atoms with E-state index < -0.39 is 0 Å². The van der Waals surface area contributed by atoms with E-state index in [2.05, 4.69) is 36.2 Å². The molecule has 0 aliphatic heterocycles. The normalized spacial score (nSPS) is 10.2. The van der Waals surface area contributed by atoms with Gasteiger partial charge in [-0.1, -0.05) is 0 Å². The second-order valence-corrected chi connectivity index (χ2v) is 4.47. The molecule has 6 heteroatoms. The number of rotatable bonds is 4. The summed E-state index contributed by atoms with van der Waals surface area (Å²) >= 11 is 3.36. The Hall–Kier alpha value is -1.69. The van der Waals surface area contributed by atoms with E-state index >= 15 is 0 Å². The molecule has 2 aromatic rings. The predicted molar refractivity (Wildman–Crippen MR) is 72.9 cm³/mol. The van der Waals surface area contributed by atoms with Gasteiger partial charge in [0, 0.05) is 12.2 Å². The molecule has 5 nitrogen and oxygen atoms in total. The fourth-order valence-electron chi connectivity index (χ4n) is 1.29. The topological polar surface area (TPSA) is 59.9 Å². The van der Waals surface area contributed by atoms with E-state index in [1.807, 2.05) is 26.0 Å². The van der Waals surface area contributed by atoms with E-state index in [0.717, 1.165) is 12.2 Å². The van der Waals surface area contributed by atoms with Crippen LogP contribution in [0.3, 0.4) is 0 Å². The van der Waals surface area contributed by atoms with Gasteiger partial charge >= 0.3 is 0 Å². The average molecular weight is 309 g/mol. The molecule has 0 aliphatic rings. The SMILES string of the molecule is CCNc1ncc(Br)c(Oc2ccc(C)nc2)n1. The molecule has 0 unspecified atom stereocenters. The number of anilines is 1. The summed E-state index contributed by atoms with van der Waals surface area (Å²) in [6, 6.07) is 3.74. The number of aryl methyl sites for hydroxylation is 1. The maximum absolute atomic E-state index is 5.65. The number of nitrogens with zero attached hydrogens (tertiary/aromatic N) is 3. The minimum absolute atomic E-state index is 0.464. The molecule has 2 aromatic heterocycles. The van der Waals surface area contributed by atoms with Crippen LogP contribution < -0.4 is 10.1 Å². The standard InChI is InChI=1S/C12H13BrN4O/c1-3-14-12-16-7-10(13)11(17-12)18-9-5-4-8(2)15-6-9/h4-7H,3H2,1-2H3,(H,14,16,17). The summed E-state index contributed by atoms with van der Waals surface area (Å²) in [6.07, 6.45) is 3.32. The number of hydrogen-bond donors (Lipinski definition) is 1. The molecule has 2 heterocycles. The zero-order valence-electron chi connectivity index (χ0n) is 10.1. The Morgan fingerprint density at radius 2 is 2.11 bits per heavy atom. The molecule has 0 fully saturated rings. The summed E-state index contributed by atoms with van der Waals surface area (Å²) in [4.78, 5) is 12.5. The van der Waals surface area contributed by atoms with Crippen molar-refractivity contribution in [1.29, 1.82) is 0 Å². The van der Waals surface area contributed by atoms with Crippen molar-refractivity contribution in [1.82, 2.24) is 15.0 Å². The Morgan fingerprint density at radius 1 is 1.28 bits per heavy atom. The third kappa shape index (κ3) is 3.16. The quantitative estimate of drug-likeness (QED) is 0.940. The highest BCUT2D eigenvalue weighted by Crippen LogP contribution is 2.27. The van der Waals surface area contributed by atoms with Crippen LogP contribution in [0.2, 0.25) is 0 Å². The van der Waals surface area contributed by atoms with Gasteiger partial charge in [0.2, 0.25) is 11.8 Å². The van der Waals surface area contributed by atoms with E-state index in [-0.39, 0.29) is 0 Å². The highest BCUT2D eigenvalue weighted by Gasteiger charge is 2.07. The molecule has 0 aromatic carbocycles. The lowest BCUT2D eigenvalue weighted by Crippen LogP contribution is -2.03. The number of nitrogens with one attached hydrogen (secondary N) is 1. The number of halogens is 1. The smallest absolute Gasteiger partial charge is 0.238 e. The number of pyridine rings is 1. The number of hydrogen-bond acceptors (Lipinski definition) is 5. The van der Waals surface area contributed by atoms with Gasteiger partial charge in [-0.3, -0.25) is 4.98 Å². The van der Waals surface area contributed by atoms with Gasteiger partial charge in [-0.2, -0.15) is 4.98 Å². The lowest BCUT2D eigenvalue weighted by molar-refractivity contribution is 0.456. The first-order chi connectivity index (χ1) is 8.69. The Bertz CT molecular complexity index is 530. The minimum atomic E-state index is 0.464. The first-order valence-electron chi connectivity index (χ1n) is 5.56. The van der Waals surface area contributed by atoms with Crippen LogP contribution in [0.1, 0.15) is 12.6 Å². The zero-order valence-corrected chi connectivity index (χ0v) is 11.7. The first-order valence-corrected chi connectivity index (χ1v) is 6.35. The molecule has 18 heavy (non-hydrogen) atoms. The van der Waals surface area contributed by atoms with Crippen molar-refractivity contribution in [3.05, 3.63) is 34.7 Å². The van der Waals surface area contributed by atoms with Crippen molar-refractivity contribution in [2.24, 2.45) is 0 Å². The molecule has 0 atom stereocenters. The summed E-state index contributed by atoms with van der Waals surface area (Å²) in [6.45, 7) is 4.66. The summed E-state index contributed by atoms with van der Waals surface area (Å²) in [7, 11) is 0. The lowest BCUT2D eigenvalue weighted by atomic mass is 10.4. The van der Waals surface area contributed by atoms with Gasteiger partial charge in [0.05, 0.1) is 16.9 Å². The van der Waals surface area contributed by atoms with Crippen molar-refractivity contribution < 1.29 is 4.74 Å². The third-order valence-electron chi connectivity index (χ3n) is 2.15. The van der Waals surface area contributed by atoms with Gasteiger partial charge in [-0.05, 0) is 41.9 Å². The van der Waals surface area contributed by atoms with Crippen LogP contribution in [0.25, 0.3) is 0 Å². The maximum atomic E-state index is 5.65. The molecule has 0 saturated carbocycles. The zero-order chi connectivity index (χ0) is 13.0. The molecule has 94 valence electrons. The third-order valence-corrected chi connectivity index (χ3v) is 2.69. The van der Waals surface area contributed by atoms with E-state index in [0.29, 0.717) is 22.1 Å². The number of aromatic nitrogens is 3. The van der Waals surface area contributed by atoms with Gasteiger partial charge in [-0.15, -0.1) is 0 Å². The Morgan fingerprint density at radius 3 is 2.78 bits per heavy atom. The van der Waals surface area contributed by atoms with Gasteiger partial charge in [0.15, 0.2) is 0 Å². The molecule has 2 rings (SSSR count). The van der Waals surface area contributed by atoms with Crippen LogP contribution >= 0.6 is 15.9 Å². The second kappa shape index (κ2) is 5.77. The van der Waals surface area contributed by atoms with Crippen molar-refractivity contribution in [2.45, 2.75) is 13.8 Å². The van der Waals surface area contributed by atoms with Crippen LogP contribution in [0.4, 0.5) is 5.95 Å². The second-order valence-electron chi connectivity index (χ2n) is 3.61. The van der Waals surface area contributed by atoms with E-state index in [1.54, 1.807) is 12.4 Å². The van der Waals surface area contributed by atoms with Crippen molar-refractivity contribution >= 4 is 21.9 Å². The lowest BCUT2D eigenvalue weighted by Gasteiger charge is -2.08. The monoisotopic (exact) mass is 308 g/mol. The highest BCUT2D eigenvalue weighted by molar-refractivity contribution is 9.10. The van der Waals surface area contributed by atoms with E-state index in [9.17, 15) is 0 Å². The molecule has 1 N–H and O–H groups in total. The molecule has 0 saturated heterocycles. The molecule has 0 aliphatic carbocycles. The van der Waals surface area contributed by atoms with Crippen molar-refractivity contribution in [2.75, 3.05) is 11.9 Å². The average Bonchev–Trinajstić information content (AvgIpc) is 2.36. The van der Waals surface area contributed by atoms with E-state index in [4.69, 9.17) is 4.74 Å². The summed E-state index contributed by atoms with van der Waals surface area (Å²) < 4.78 is 6.35. The van der Waals surface area contributed by atoms with Crippen LogP contribution in [0.15, 0.2) is 29.0 Å². The molecule has 0 bridgehead atoms. The van der Waals surface area contributed by atoms with Crippen molar-refractivity contribution in [3.8, 4) is 11.6 Å². The molecule has 0 spiro atoms. The molecule has 0 radical (unpaired) electrons. The molecular weight excluding hydrogens is 296 g/mol. The summed E-state index contributed by atoms with van der Waals surface area (Å²) in [5, 5.41) is 3.03. The molecular formula is C12H13BrN4O. The van der Waals surface area contributed by atoms with Crippen LogP contribution in [-0.4, -0.2) is 21.5 Å². The first kappa shape index (κ1) is 12.8. The fourth-order valence-corrected chi connectivity index (χ4v) is 1.56. The van der Waals surface area contributed by atoms with Crippen molar-refractivity contribution in [3.63, 3.8) is 0 Å². The van der Waals surface area contributed by atoms with Gasteiger partial charge in [0.25, 0.3) is 0 Å². The summed E-state index contributed by atoms with van der Waals surface area (Å²) in [5.74, 6) is 1.64. The number of ether oxygens (including phenoxy) is 1.